The van der Waals surface area contributed by atoms with Crippen molar-refractivity contribution in [2.45, 2.75) is 25.8 Å². The van der Waals surface area contributed by atoms with Gasteiger partial charge in [0.2, 0.25) is 5.91 Å². The Morgan fingerprint density at radius 1 is 1.09 bits per heavy atom. The van der Waals surface area contributed by atoms with Crippen LogP contribution < -0.4 is 14.4 Å². The first-order chi connectivity index (χ1) is 15.3. The number of hydrogen-bond acceptors (Lipinski definition) is 6. The van der Waals surface area contributed by atoms with Crippen LogP contribution in [-0.4, -0.2) is 60.0 Å². The Balaban J connectivity index is 1.96. The zero-order valence-corrected chi connectivity index (χ0v) is 17.8. The molecule has 3 rings (SSSR count). The highest BCUT2D eigenvalue weighted by Crippen LogP contribution is 2.26. The number of carbonyl (C=O) groups is 4. The summed E-state index contributed by atoms with van der Waals surface area (Å²) in [5.41, 5.74) is 0.510. The van der Waals surface area contributed by atoms with Crippen LogP contribution in [-0.2, 0) is 14.4 Å². The fourth-order valence-corrected chi connectivity index (χ4v) is 3.62. The molecule has 2 aromatic carbocycles. The number of carboxylic acid groups (broad SMARTS) is 1. The molecule has 1 saturated heterocycles. The summed E-state index contributed by atoms with van der Waals surface area (Å²) in [5, 5.41) is 9.41. The van der Waals surface area contributed by atoms with E-state index in [0.29, 0.717) is 30.8 Å². The van der Waals surface area contributed by atoms with Crippen molar-refractivity contribution >= 4 is 29.4 Å². The third kappa shape index (κ3) is 5.05. The number of nitrogens with zero attached hydrogens (tertiary/aromatic N) is 2. The molecule has 1 aliphatic rings. The summed E-state index contributed by atoms with van der Waals surface area (Å²) in [6.45, 7) is 1.17. The van der Waals surface area contributed by atoms with Crippen molar-refractivity contribution in [3.63, 3.8) is 0 Å². The molecule has 0 bridgehead atoms. The molecule has 0 spiro atoms. The normalized spacial score (nSPS) is 15.2. The minimum absolute atomic E-state index is 0.0699. The number of amides is 2. The number of aliphatic carboxylic acids is 1. The van der Waals surface area contributed by atoms with Crippen LogP contribution in [0.3, 0.4) is 0 Å². The van der Waals surface area contributed by atoms with Crippen LogP contribution in [0.4, 0.5) is 5.69 Å². The standard InChI is InChI=1S/C23H24N2O7/c1-15(26)32-20-8-4-3-6-18(20)22(28)25(16-9-11-17(31-2)12-10-16)14-21(27)24-13-5-7-19(24)23(29)30/h3-4,6,8-12,19H,5,7,13-14H2,1-2H3,(H,29,30)/t19-/m0/s1. The van der Waals surface area contributed by atoms with Gasteiger partial charge in [-0.05, 0) is 49.2 Å². The molecule has 1 heterocycles. The summed E-state index contributed by atoms with van der Waals surface area (Å²) in [6, 6.07) is 11.9. The maximum atomic E-state index is 13.5. The zero-order valence-electron chi connectivity index (χ0n) is 17.8. The van der Waals surface area contributed by atoms with E-state index in [1.807, 2.05) is 0 Å². The Morgan fingerprint density at radius 3 is 2.41 bits per heavy atom. The summed E-state index contributed by atoms with van der Waals surface area (Å²) in [7, 11) is 1.51. The van der Waals surface area contributed by atoms with Crippen LogP contribution in [0.15, 0.2) is 48.5 Å². The second-order valence-electron chi connectivity index (χ2n) is 7.26. The average Bonchev–Trinajstić information content (AvgIpc) is 3.27. The number of methoxy groups -OCH3 is 1. The lowest BCUT2D eigenvalue weighted by Gasteiger charge is -2.28. The van der Waals surface area contributed by atoms with Gasteiger partial charge in [-0.3, -0.25) is 19.3 Å². The smallest absolute Gasteiger partial charge is 0.326 e. The predicted molar refractivity (Wildman–Crippen MR) is 115 cm³/mol. The van der Waals surface area contributed by atoms with Gasteiger partial charge in [0.15, 0.2) is 0 Å². The van der Waals surface area contributed by atoms with E-state index in [1.165, 1.54) is 36.0 Å². The van der Waals surface area contributed by atoms with Gasteiger partial charge < -0.3 is 19.5 Å². The molecule has 0 aliphatic carbocycles. The fraction of sp³-hybridized carbons (Fsp3) is 0.304. The minimum atomic E-state index is -1.07. The van der Waals surface area contributed by atoms with E-state index < -0.39 is 29.8 Å². The maximum Gasteiger partial charge on any atom is 0.326 e. The molecule has 1 fully saturated rings. The number of para-hydroxylation sites is 1. The molecule has 168 valence electrons. The Labute approximate surface area is 185 Å². The number of carboxylic acids is 1. The van der Waals surface area contributed by atoms with Crippen LogP contribution >= 0.6 is 0 Å². The minimum Gasteiger partial charge on any atom is -0.497 e. The second kappa shape index (κ2) is 9.95. The molecule has 1 N–H and O–H groups in total. The number of anilines is 1. The second-order valence-corrected chi connectivity index (χ2v) is 7.26. The molecule has 2 aromatic rings. The van der Waals surface area contributed by atoms with Gasteiger partial charge in [-0.1, -0.05) is 12.1 Å². The molecule has 9 heteroatoms. The third-order valence-corrected chi connectivity index (χ3v) is 5.15. The zero-order chi connectivity index (χ0) is 23.3. The van der Waals surface area contributed by atoms with Crippen molar-refractivity contribution in [1.29, 1.82) is 0 Å². The van der Waals surface area contributed by atoms with Crippen LogP contribution in [0.25, 0.3) is 0 Å². The number of benzene rings is 2. The van der Waals surface area contributed by atoms with Gasteiger partial charge in [0.05, 0.1) is 12.7 Å². The van der Waals surface area contributed by atoms with Crippen molar-refractivity contribution in [2.75, 3.05) is 25.1 Å². The van der Waals surface area contributed by atoms with E-state index in [1.54, 1.807) is 36.4 Å². The van der Waals surface area contributed by atoms with Gasteiger partial charge in [-0.2, -0.15) is 0 Å². The first-order valence-corrected chi connectivity index (χ1v) is 10.1. The van der Waals surface area contributed by atoms with Crippen molar-refractivity contribution in [3.05, 3.63) is 54.1 Å². The van der Waals surface area contributed by atoms with Crippen molar-refractivity contribution in [3.8, 4) is 11.5 Å². The van der Waals surface area contributed by atoms with Gasteiger partial charge >= 0.3 is 11.9 Å². The van der Waals surface area contributed by atoms with Crippen LogP contribution in [0.5, 0.6) is 11.5 Å². The van der Waals surface area contributed by atoms with E-state index >= 15 is 0 Å². The van der Waals surface area contributed by atoms with Crippen molar-refractivity contribution < 1.29 is 33.8 Å². The lowest BCUT2D eigenvalue weighted by Crippen LogP contribution is -2.47. The summed E-state index contributed by atoms with van der Waals surface area (Å²) in [6.07, 6.45) is 0.946. The lowest BCUT2D eigenvalue weighted by atomic mass is 10.1. The Hall–Kier alpha value is -3.88. The highest BCUT2D eigenvalue weighted by Gasteiger charge is 2.35. The molecule has 9 nitrogen and oxygen atoms in total. The maximum absolute atomic E-state index is 13.5. The van der Waals surface area contributed by atoms with Gasteiger partial charge in [0, 0.05) is 19.2 Å². The van der Waals surface area contributed by atoms with E-state index in [-0.39, 0.29) is 17.9 Å². The van der Waals surface area contributed by atoms with Crippen molar-refractivity contribution in [2.24, 2.45) is 0 Å². The molecule has 0 saturated carbocycles. The monoisotopic (exact) mass is 440 g/mol. The summed E-state index contributed by atoms with van der Waals surface area (Å²) in [5.74, 6) is -2.06. The Morgan fingerprint density at radius 2 is 1.78 bits per heavy atom. The quantitative estimate of drug-likeness (QED) is 0.519. The predicted octanol–water partition coefficient (Wildman–Crippen LogP) is 2.34. The van der Waals surface area contributed by atoms with E-state index in [9.17, 15) is 24.3 Å². The molecule has 0 unspecified atom stereocenters. The van der Waals surface area contributed by atoms with Crippen molar-refractivity contribution in [1.82, 2.24) is 4.90 Å². The van der Waals surface area contributed by atoms with Crippen LogP contribution in [0.1, 0.15) is 30.1 Å². The number of likely N-dealkylation sites (tertiary alicyclic amines) is 1. The Kier molecular flexibility index (Phi) is 7.09. The number of hydrogen-bond donors (Lipinski definition) is 1. The molecule has 2 amide bonds. The largest absolute Gasteiger partial charge is 0.497 e. The van der Waals surface area contributed by atoms with E-state index in [4.69, 9.17) is 9.47 Å². The number of carbonyl (C=O) groups excluding carboxylic acids is 3. The van der Waals surface area contributed by atoms with E-state index in [2.05, 4.69) is 0 Å². The molecule has 1 aliphatic heterocycles. The number of rotatable bonds is 7. The molecular formula is C23H24N2O7. The first-order valence-electron chi connectivity index (χ1n) is 10.1. The Bertz CT molecular complexity index is 1020. The average molecular weight is 440 g/mol. The summed E-state index contributed by atoms with van der Waals surface area (Å²) >= 11 is 0. The molecule has 1 atom stereocenters. The van der Waals surface area contributed by atoms with Crippen LogP contribution in [0, 0.1) is 0 Å². The summed E-state index contributed by atoms with van der Waals surface area (Å²) < 4.78 is 10.3. The number of ether oxygens (including phenoxy) is 2. The van der Waals surface area contributed by atoms with Gasteiger partial charge in [0.25, 0.3) is 5.91 Å². The fourth-order valence-electron chi connectivity index (χ4n) is 3.62. The SMILES string of the molecule is COc1ccc(N(CC(=O)N2CCC[C@H]2C(=O)O)C(=O)c2ccccc2OC(C)=O)cc1. The van der Waals surface area contributed by atoms with Gasteiger partial charge in [-0.15, -0.1) is 0 Å². The molecular weight excluding hydrogens is 416 g/mol. The third-order valence-electron chi connectivity index (χ3n) is 5.15. The number of esters is 1. The highest BCUT2D eigenvalue weighted by molar-refractivity contribution is 6.10. The van der Waals surface area contributed by atoms with Gasteiger partial charge in [-0.25, -0.2) is 4.79 Å². The molecule has 32 heavy (non-hydrogen) atoms. The lowest BCUT2D eigenvalue weighted by molar-refractivity contribution is -0.147. The summed E-state index contributed by atoms with van der Waals surface area (Å²) in [4.78, 5) is 52.0. The molecule has 0 aromatic heterocycles. The van der Waals surface area contributed by atoms with Gasteiger partial charge in [0.1, 0.15) is 24.1 Å². The topological polar surface area (TPSA) is 113 Å². The van der Waals surface area contributed by atoms with Crippen LogP contribution in [0.2, 0.25) is 0 Å². The first kappa shape index (κ1) is 22.8. The highest BCUT2D eigenvalue weighted by atomic mass is 16.5. The van der Waals surface area contributed by atoms with E-state index in [0.717, 1.165) is 0 Å². The molecule has 0 radical (unpaired) electrons.